The third kappa shape index (κ3) is 1.91. The van der Waals surface area contributed by atoms with Crippen LogP contribution in [0.2, 0.25) is 5.02 Å². The molecule has 5 nitrogen and oxygen atoms in total. The van der Waals surface area contributed by atoms with Crippen molar-refractivity contribution in [1.29, 1.82) is 0 Å². The second-order valence-corrected chi connectivity index (χ2v) is 4.00. The summed E-state index contributed by atoms with van der Waals surface area (Å²) in [6.45, 7) is 0. The van der Waals surface area contributed by atoms with Crippen molar-refractivity contribution in [3.63, 3.8) is 0 Å². The molecule has 7 heteroatoms. The van der Waals surface area contributed by atoms with Crippen LogP contribution in [0.5, 0.6) is 5.75 Å². The zero-order chi connectivity index (χ0) is 13.4. The molecular weight excluding hydrogens is 263 g/mol. The first kappa shape index (κ1) is 12.4. The van der Waals surface area contributed by atoms with Gasteiger partial charge in [0.25, 0.3) is 0 Å². The van der Waals surface area contributed by atoms with Gasteiger partial charge in [-0.2, -0.15) is 5.10 Å². The summed E-state index contributed by atoms with van der Waals surface area (Å²) in [5.41, 5.74) is 0.0146. The summed E-state index contributed by atoms with van der Waals surface area (Å²) < 4.78 is 14.5. The van der Waals surface area contributed by atoms with E-state index in [4.69, 9.17) is 16.7 Å². The lowest BCUT2D eigenvalue weighted by Gasteiger charge is -2.07. The van der Waals surface area contributed by atoms with E-state index in [1.165, 1.54) is 23.9 Å². The molecule has 1 aromatic heterocycles. The number of aryl methyl sites for hydroxylation is 1. The van der Waals surface area contributed by atoms with Gasteiger partial charge in [0.05, 0.1) is 16.3 Å². The van der Waals surface area contributed by atoms with Gasteiger partial charge in [-0.15, -0.1) is 0 Å². The van der Waals surface area contributed by atoms with Crippen molar-refractivity contribution < 1.29 is 19.4 Å². The molecule has 0 atom stereocenters. The molecule has 2 aromatic rings. The zero-order valence-corrected chi connectivity index (χ0v) is 9.94. The summed E-state index contributed by atoms with van der Waals surface area (Å²) >= 11 is 5.88. The molecule has 2 rings (SSSR count). The summed E-state index contributed by atoms with van der Waals surface area (Å²) in [5.74, 6) is -2.70. The van der Waals surface area contributed by atoms with E-state index in [9.17, 15) is 14.3 Å². The second kappa shape index (κ2) is 4.30. The molecule has 0 bridgehead atoms. The molecule has 18 heavy (non-hydrogen) atoms. The fourth-order valence-electron chi connectivity index (χ4n) is 1.59. The number of benzene rings is 1. The molecule has 2 N–H and O–H groups in total. The summed E-state index contributed by atoms with van der Waals surface area (Å²) in [6, 6.07) is 3.51. The van der Waals surface area contributed by atoms with E-state index in [0.717, 1.165) is 6.07 Å². The van der Waals surface area contributed by atoms with Gasteiger partial charge in [-0.05, 0) is 18.2 Å². The van der Waals surface area contributed by atoms with Crippen LogP contribution >= 0.6 is 11.6 Å². The standard InChI is InChI=1S/C11H8ClFN2O3/c1-15-8(4-7(14-15)11(17)18)9-5(12)2-3-6(13)10(9)16/h2-4,16H,1H3,(H,17,18). The van der Waals surface area contributed by atoms with Crippen molar-refractivity contribution in [3.8, 4) is 17.0 Å². The highest BCUT2D eigenvalue weighted by Crippen LogP contribution is 2.37. The Balaban J connectivity index is 2.69. The van der Waals surface area contributed by atoms with E-state index in [1.807, 2.05) is 0 Å². The topological polar surface area (TPSA) is 75.4 Å². The fraction of sp³-hybridized carbons (Fsp3) is 0.0909. The van der Waals surface area contributed by atoms with Gasteiger partial charge in [-0.1, -0.05) is 11.6 Å². The number of carbonyl (C=O) groups is 1. The first-order valence-electron chi connectivity index (χ1n) is 4.86. The molecule has 0 aliphatic rings. The highest BCUT2D eigenvalue weighted by molar-refractivity contribution is 6.33. The molecule has 0 fully saturated rings. The predicted molar refractivity (Wildman–Crippen MR) is 62.2 cm³/mol. The number of aromatic carboxylic acids is 1. The molecule has 0 saturated heterocycles. The predicted octanol–water partition coefficient (Wildman–Crippen LogP) is 2.28. The van der Waals surface area contributed by atoms with Gasteiger partial charge in [-0.3, -0.25) is 4.68 Å². The molecule has 1 aromatic carbocycles. The Labute approximate surface area is 106 Å². The van der Waals surface area contributed by atoms with Crippen molar-refractivity contribution in [2.45, 2.75) is 0 Å². The third-order valence-electron chi connectivity index (χ3n) is 2.43. The van der Waals surface area contributed by atoms with Gasteiger partial charge in [0, 0.05) is 7.05 Å². The van der Waals surface area contributed by atoms with E-state index in [0.29, 0.717) is 0 Å². The molecule has 0 spiro atoms. The number of aromatic hydroxyl groups is 1. The first-order chi connectivity index (χ1) is 8.41. The number of hydrogen-bond acceptors (Lipinski definition) is 3. The minimum atomic E-state index is -1.22. The van der Waals surface area contributed by atoms with Gasteiger partial charge in [0.1, 0.15) is 0 Å². The zero-order valence-electron chi connectivity index (χ0n) is 9.19. The van der Waals surface area contributed by atoms with E-state index in [-0.39, 0.29) is 22.0 Å². The smallest absolute Gasteiger partial charge is 0.356 e. The maximum absolute atomic E-state index is 13.3. The third-order valence-corrected chi connectivity index (χ3v) is 2.75. The molecule has 0 aliphatic heterocycles. The van der Waals surface area contributed by atoms with E-state index < -0.39 is 17.5 Å². The van der Waals surface area contributed by atoms with Crippen LogP contribution in [0, 0.1) is 5.82 Å². The highest BCUT2D eigenvalue weighted by atomic mass is 35.5. The summed E-state index contributed by atoms with van der Waals surface area (Å²) in [7, 11) is 1.47. The van der Waals surface area contributed by atoms with Crippen LogP contribution in [-0.2, 0) is 7.05 Å². The average molecular weight is 271 g/mol. The number of carboxylic acid groups (broad SMARTS) is 1. The Morgan fingerprint density at radius 2 is 2.17 bits per heavy atom. The quantitative estimate of drug-likeness (QED) is 0.878. The van der Waals surface area contributed by atoms with Crippen LogP contribution in [0.3, 0.4) is 0 Å². The van der Waals surface area contributed by atoms with E-state index >= 15 is 0 Å². The Morgan fingerprint density at radius 3 is 2.72 bits per heavy atom. The number of halogens is 2. The Kier molecular flexibility index (Phi) is 2.96. The maximum atomic E-state index is 13.3. The Hall–Kier alpha value is -2.08. The number of rotatable bonds is 2. The Morgan fingerprint density at radius 1 is 1.50 bits per heavy atom. The molecule has 94 valence electrons. The van der Waals surface area contributed by atoms with Crippen LogP contribution < -0.4 is 0 Å². The number of aromatic nitrogens is 2. The van der Waals surface area contributed by atoms with Crippen molar-refractivity contribution in [3.05, 3.63) is 34.7 Å². The first-order valence-corrected chi connectivity index (χ1v) is 5.24. The lowest BCUT2D eigenvalue weighted by Crippen LogP contribution is -1.99. The van der Waals surface area contributed by atoms with Gasteiger partial charge >= 0.3 is 5.97 Å². The van der Waals surface area contributed by atoms with Crippen molar-refractivity contribution >= 4 is 17.6 Å². The maximum Gasteiger partial charge on any atom is 0.356 e. The average Bonchev–Trinajstić information content (AvgIpc) is 2.67. The second-order valence-electron chi connectivity index (χ2n) is 3.60. The molecule has 0 saturated carbocycles. The van der Waals surface area contributed by atoms with Crippen LogP contribution in [0.15, 0.2) is 18.2 Å². The van der Waals surface area contributed by atoms with Crippen molar-refractivity contribution in [2.24, 2.45) is 7.05 Å². The molecule has 0 unspecified atom stereocenters. The molecule has 0 amide bonds. The number of phenols is 1. The molecule has 0 aliphatic carbocycles. The monoisotopic (exact) mass is 270 g/mol. The molecule has 0 radical (unpaired) electrons. The molecular formula is C11H8ClFN2O3. The number of carboxylic acids is 1. The normalized spacial score (nSPS) is 10.6. The lowest BCUT2D eigenvalue weighted by atomic mass is 10.1. The minimum Gasteiger partial charge on any atom is -0.504 e. The Bertz CT molecular complexity index is 639. The fourth-order valence-corrected chi connectivity index (χ4v) is 1.84. The van der Waals surface area contributed by atoms with Gasteiger partial charge in [0.2, 0.25) is 0 Å². The van der Waals surface area contributed by atoms with Gasteiger partial charge in [-0.25, -0.2) is 9.18 Å². The summed E-state index contributed by atoms with van der Waals surface area (Å²) in [5, 5.41) is 22.3. The number of hydrogen-bond donors (Lipinski definition) is 2. The van der Waals surface area contributed by atoms with Crippen LogP contribution in [0.1, 0.15) is 10.5 Å². The van der Waals surface area contributed by atoms with Crippen LogP contribution in [-0.4, -0.2) is 26.0 Å². The van der Waals surface area contributed by atoms with Gasteiger partial charge < -0.3 is 10.2 Å². The number of phenolic OH excluding ortho intramolecular Hbond substituents is 1. The summed E-state index contributed by atoms with van der Waals surface area (Å²) in [4.78, 5) is 10.8. The van der Waals surface area contributed by atoms with E-state index in [1.54, 1.807) is 0 Å². The summed E-state index contributed by atoms with van der Waals surface area (Å²) in [6.07, 6.45) is 0. The number of nitrogens with zero attached hydrogens (tertiary/aromatic N) is 2. The van der Waals surface area contributed by atoms with Crippen LogP contribution in [0.4, 0.5) is 4.39 Å². The lowest BCUT2D eigenvalue weighted by molar-refractivity contribution is 0.0689. The SMILES string of the molecule is Cn1nc(C(=O)O)cc1-c1c(Cl)ccc(F)c1O. The minimum absolute atomic E-state index is 0.0131. The van der Waals surface area contributed by atoms with E-state index in [2.05, 4.69) is 5.10 Å². The highest BCUT2D eigenvalue weighted by Gasteiger charge is 2.19. The largest absolute Gasteiger partial charge is 0.504 e. The van der Waals surface area contributed by atoms with Gasteiger partial charge in [0.15, 0.2) is 17.3 Å². The van der Waals surface area contributed by atoms with Crippen molar-refractivity contribution in [1.82, 2.24) is 9.78 Å². The van der Waals surface area contributed by atoms with Crippen LogP contribution in [0.25, 0.3) is 11.3 Å². The van der Waals surface area contributed by atoms with Crippen molar-refractivity contribution in [2.75, 3.05) is 0 Å². The molecule has 1 heterocycles.